The summed E-state index contributed by atoms with van der Waals surface area (Å²) in [5.74, 6) is -0.523. The van der Waals surface area contributed by atoms with Crippen molar-refractivity contribution in [3.63, 3.8) is 0 Å². The SMILES string of the molecule is CC1(C)S[C@H]2N(C(=O)[C@@]2(Br)I)[C@H]1C(=O)OCCl. The normalized spacial score (nSPS) is 38.6. The van der Waals surface area contributed by atoms with E-state index < -0.39 is 14.3 Å². The Labute approximate surface area is 130 Å². The van der Waals surface area contributed by atoms with Crippen LogP contribution in [0.5, 0.6) is 0 Å². The molecule has 0 aromatic heterocycles. The van der Waals surface area contributed by atoms with Crippen LogP contribution in [0.3, 0.4) is 0 Å². The molecule has 3 atom stereocenters. The van der Waals surface area contributed by atoms with Gasteiger partial charge in [-0.1, -0.05) is 50.1 Å². The highest BCUT2D eigenvalue weighted by Gasteiger charge is 2.70. The van der Waals surface area contributed by atoms with E-state index in [-0.39, 0.29) is 22.1 Å². The number of hydrogen-bond acceptors (Lipinski definition) is 4. The number of rotatable bonds is 2. The quantitative estimate of drug-likeness (QED) is 0.278. The highest BCUT2D eigenvalue weighted by Crippen LogP contribution is 2.60. The van der Waals surface area contributed by atoms with Crippen molar-refractivity contribution in [1.82, 2.24) is 4.90 Å². The molecule has 0 radical (unpaired) electrons. The average Bonchev–Trinajstić information content (AvgIpc) is 2.48. The molecule has 0 aromatic rings. The standard InChI is InChI=1S/C9H10BrClINO3S/c1-8(2)4(5(14)16-3-11)13-6(15)9(10,12)7(13)17-8/h4,7H,3H2,1-2H3/t4-,7+,9+/m0/s1. The lowest BCUT2D eigenvalue weighted by Crippen LogP contribution is -2.68. The third-order valence-electron chi connectivity index (χ3n) is 2.85. The Kier molecular flexibility index (Phi) is 3.69. The van der Waals surface area contributed by atoms with Crippen molar-refractivity contribution in [1.29, 1.82) is 0 Å². The van der Waals surface area contributed by atoms with Gasteiger partial charge in [0, 0.05) is 4.75 Å². The molecule has 0 unspecified atom stereocenters. The first kappa shape index (κ1) is 14.2. The minimum absolute atomic E-state index is 0.0431. The average molecular weight is 455 g/mol. The van der Waals surface area contributed by atoms with E-state index in [1.807, 2.05) is 13.8 Å². The fourth-order valence-corrected chi connectivity index (χ4v) is 5.36. The summed E-state index contributed by atoms with van der Waals surface area (Å²) in [6.45, 7) is 3.87. The molecule has 1 amide bonds. The van der Waals surface area contributed by atoms with E-state index in [0.717, 1.165) is 0 Å². The molecule has 0 saturated carbocycles. The molecule has 2 fully saturated rings. The zero-order chi connectivity index (χ0) is 13.0. The van der Waals surface area contributed by atoms with E-state index in [4.69, 9.17) is 16.3 Å². The number of fused-ring (bicyclic) bond motifs is 1. The fraction of sp³-hybridized carbons (Fsp3) is 0.778. The molecule has 2 heterocycles. The van der Waals surface area contributed by atoms with Gasteiger partial charge in [0.1, 0.15) is 11.4 Å². The summed E-state index contributed by atoms with van der Waals surface area (Å²) in [5.41, 5.74) is 0. The number of esters is 1. The maximum Gasteiger partial charge on any atom is 0.331 e. The molecule has 2 aliphatic rings. The molecule has 0 N–H and O–H groups in total. The lowest BCUT2D eigenvalue weighted by molar-refractivity contribution is -0.159. The highest BCUT2D eigenvalue weighted by atomic mass is 127. The molecule has 2 aliphatic heterocycles. The van der Waals surface area contributed by atoms with Gasteiger partial charge in [-0.25, -0.2) is 4.79 Å². The molecule has 2 rings (SSSR count). The van der Waals surface area contributed by atoms with E-state index in [9.17, 15) is 9.59 Å². The minimum atomic E-state index is -0.608. The zero-order valence-electron chi connectivity index (χ0n) is 9.08. The molecule has 17 heavy (non-hydrogen) atoms. The van der Waals surface area contributed by atoms with Crippen LogP contribution in [0.1, 0.15) is 13.8 Å². The summed E-state index contributed by atoms with van der Waals surface area (Å²) >= 11 is 12.5. The molecular weight excluding hydrogens is 444 g/mol. The van der Waals surface area contributed by atoms with Crippen LogP contribution >= 0.6 is 61.9 Å². The van der Waals surface area contributed by atoms with Gasteiger partial charge in [-0.15, -0.1) is 11.8 Å². The third kappa shape index (κ3) is 2.01. The largest absolute Gasteiger partial charge is 0.448 e. The molecule has 2 saturated heterocycles. The lowest BCUT2D eigenvalue weighted by atomic mass is 9.98. The van der Waals surface area contributed by atoms with Crippen molar-refractivity contribution in [2.75, 3.05) is 6.07 Å². The number of ether oxygens (including phenoxy) is 1. The molecule has 0 bridgehead atoms. The first-order valence-electron chi connectivity index (χ1n) is 4.84. The summed E-state index contributed by atoms with van der Waals surface area (Å²) in [6, 6.07) is -0.754. The van der Waals surface area contributed by atoms with Crippen molar-refractivity contribution in [3.05, 3.63) is 0 Å². The summed E-state index contributed by atoms with van der Waals surface area (Å²) in [5, 5.41) is -0.0431. The number of β-lactam (4-membered cyclic amide) rings is 1. The van der Waals surface area contributed by atoms with Crippen molar-refractivity contribution < 1.29 is 14.3 Å². The lowest BCUT2D eigenvalue weighted by Gasteiger charge is -2.46. The van der Waals surface area contributed by atoms with Gasteiger partial charge < -0.3 is 9.64 Å². The number of thioether (sulfide) groups is 1. The van der Waals surface area contributed by atoms with E-state index in [0.29, 0.717) is 0 Å². The van der Waals surface area contributed by atoms with Gasteiger partial charge in [0.2, 0.25) is 0 Å². The molecule has 4 nitrogen and oxygen atoms in total. The number of nitrogens with zero attached hydrogens (tertiary/aromatic N) is 1. The van der Waals surface area contributed by atoms with E-state index in [1.165, 1.54) is 0 Å². The van der Waals surface area contributed by atoms with Crippen molar-refractivity contribution in [2.45, 2.75) is 32.3 Å². The van der Waals surface area contributed by atoms with Gasteiger partial charge in [-0.3, -0.25) is 4.79 Å². The number of halogens is 3. The van der Waals surface area contributed by atoms with Gasteiger partial charge in [0.05, 0.1) is 0 Å². The van der Waals surface area contributed by atoms with Crippen LogP contribution in [0.25, 0.3) is 0 Å². The van der Waals surface area contributed by atoms with Gasteiger partial charge in [0.25, 0.3) is 5.91 Å². The van der Waals surface area contributed by atoms with Crippen molar-refractivity contribution in [2.24, 2.45) is 0 Å². The molecular formula is C9H10BrClINO3S. The van der Waals surface area contributed by atoms with Gasteiger partial charge in [-0.2, -0.15) is 0 Å². The van der Waals surface area contributed by atoms with Crippen LogP contribution in [0.15, 0.2) is 0 Å². The second-order valence-electron chi connectivity index (χ2n) is 4.38. The number of hydrogen-bond donors (Lipinski definition) is 0. The second-order valence-corrected chi connectivity index (χ2v) is 10.8. The number of alkyl halides is 3. The van der Waals surface area contributed by atoms with Crippen LogP contribution < -0.4 is 0 Å². The summed E-state index contributed by atoms with van der Waals surface area (Å²) in [6.07, 6.45) is 0. The van der Waals surface area contributed by atoms with Crippen LogP contribution in [0, 0.1) is 0 Å². The minimum Gasteiger partial charge on any atom is -0.448 e. The van der Waals surface area contributed by atoms with Gasteiger partial charge in [-0.05, 0) is 13.8 Å². The Bertz CT molecular complexity index is 392. The van der Waals surface area contributed by atoms with Gasteiger partial charge in [0.15, 0.2) is 8.40 Å². The molecule has 96 valence electrons. The molecule has 0 aromatic carbocycles. The monoisotopic (exact) mass is 453 g/mol. The van der Waals surface area contributed by atoms with Crippen LogP contribution in [0.4, 0.5) is 0 Å². The molecule has 0 spiro atoms. The molecule has 0 aliphatic carbocycles. The highest BCUT2D eigenvalue weighted by molar-refractivity contribution is 14.1. The van der Waals surface area contributed by atoms with E-state index in [2.05, 4.69) is 38.5 Å². The number of amides is 1. The predicted octanol–water partition coefficient (Wildman–Crippen LogP) is 2.31. The third-order valence-corrected chi connectivity index (χ3v) is 7.15. The van der Waals surface area contributed by atoms with Crippen LogP contribution in [-0.4, -0.2) is 41.3 Å². The second kappa shape index (κ2) is 4.42. The van der Waals surface area contributed by atoms with Crippen LogP contribution in [-0.2, 0) is 14.3 Å². The Morgan fingerprint density at radius 1 is 1.71 bits per heavy atom. The maximum absolute atomic E-state index is 12.0. The van der Waals surface area contributed by atoms with E-state index in [1.54, 1.807) is 16.7 Å². The topological polar surface area (TPSA) is 46.6 Å². The smallest absolute Gasteiger partial charge is 0.331 e. The zero-order valence-corrected chi connectivity index (χ0v) is 14.4. The molecule has 8 heteroatoms. The fourth-order valence-electron chi connectivity index (χ4n) is 2.09. The van der Waals surface area contributed by atoms with Gasteiger partial charge >= 0.3 is 5.97 Å². The summed E-state index contributed by atoms with van der Waals surface area (Å²) in [4.78, 5) is 25.4. The summed E-state index contributed by atoms with van der Waals surface area (Å²) in [7, 11) is 0. The van der Waals surface area contributed by atoms with Crippen molar-refractivity contribution in [3.8, 4) is 0 Å². The first-order chi connectivity index (χ1) is 7.73. The van der Waals surface area contributed by atoms with Crippen LogP contribution in [0.2, 0.25) is 0 Å². The Balaban J connectivity index is 2.28. The Morgan fingerprint density at radius 2 is 2.29 bits per heavy atom. The first-order valence-corrected chi connectivity index (χ1v) is 8.13. The number of carbonyl (C=O) groups excluding carboxylic acids is 2. The predicted molar refractivity (Wildman–Crippen MR) is 78.6 cm³/mol. The van der Waals surface area contributed by atoms with E-state index >= 15 is 0 Å². The maximum atomic E-state index is 12.0. The number of carbonyl (C=O) groups is 2. The Hall–Kier alpha value is 0.790. The Morgan fingerprint density at radius 3 is 2.82 bits per heavy atom. The summed E-state index contributed by atoms with van der Waals surface area (Å²) < 4.78 is 3.85. The van der Waals surface area contributed by atoms with Crippen molar-refractivity contribution >= 4 is 73.8 Å².